The van der Waals surface area contributed by atoms with E-state index in [2.05, 4.69) is 10.3 Å². The van der Waals surface area contributed by atoms with Gasteiger partial charge in [-0.05, 0) is 30.9 Å². The van der Waals surface area contributed by atoms with Crippen molar-refractivity contribution in [2.45, 2.75) is 44.8 Å². The highest BCUT2D eigenvalue weighted by atomic mass is 16.5. The number of carbonyl (C=O) groups is 3. The zero-order valence-electron chi connectivity index (χ0n) is 13.7. The van der Waals surface area contributed by atoms with Crippen LogP contribution in [0.25, 0.3) is 0 Å². The summed E-state index contributed by atoms with van der Waals surface area (Å²) in [5, 5.41) is 2.82. The molecule has 3 amide bonds. The molecule has 0 unspecified atom stereocenters. The molecule has 0 radical (unpaired) electrons. The van der Waals surface area contributed by atoms with Crippen LogP contribution in [-0.2, 0) is 20.9 Å². The van der Waals surface area contributed by atoms with Gasteiger partial charge in [-0.25, -0.2) is 4.79 Å². The maximum Gasteiger partial charge on any atom is 0.326 e. The van der Waals surface area contributed by atoms with Crippen molar-refractivity contribution in [1.29, 1.82) is 0 Å². The smallest absolute Gasteiger partial charge is 0.326 e. The number of aromatic nitrogens is 1. The Morgan fingerprint density at radius 1 is 1.42 bits per heavy atom. The topological polar surface area (TPSA) is 88.6 Å². The number of rotatable bonds is 4. The monoisotopic (exact) mass is 331 g/mol. The van der Waals surface area contributed by atoms with E-state index in [9.17, 15) is 14.4 Å². The lowest BCUT2D eigenvalue weighted by Crippen LogP contribution is -2.54. The Morgan fingerprint density at radius 3 is 2.96 bits per heavy atom. The molecule has 7 nitrogen and oxygen atoms in total. The van der Waals surface area contributed by atoms with Crippen molar-refractivity contribution >= 4 is 17.9 Å². The number of carbonyl (C=O) groups excluding carboxylic acids is 3. The van der Waals surface area contributed by atoms with Gasteiger partial charge in [0.1, 0.15) is 18.7 Å². The fourth-order valence-electron chi connectivity index (χ4n) is 3.45. The summed E-state index contributed by atoms with van der Waals surface area (Å²) in [7, 11) is 0. The van der Waals surface area contributed by atoms with Crippen LogP contribution in [0.5, 0.6) is 0 Å². The van der Waals surface area contributed by atoms with Crippen molar-refractivity contribution in [1.82, 2.24) is 15.2 Å². The van der Waals surface area contributed by atoms with Gasteiger partial charge in [-0.2, -0.15) is 0 Å². The number of nitrogens with one attached hydrogen (secondary N) is 1. The Balaban J connectivity index is 1.61. The van der Waals surface area contributed by atoms with Gasteiger partial charge in [0.25, 0.3) is 5.91 Å². The fraction of sp³-hybridized carbons (Fsp3) is 0.529. The molecule has 1 aromatic heterocycles. The zero-order valence-corrected chi connectivity index (χ0v) is 13.7. The Hall–Kier alpha value is -2.44. The summed E-state index contributed by atoms with van der Waals surface area (Å²) in [5.41, 5.74) is -0.239. The second-order valence-corrected chi connectivity index (χ2v) is 6.42. The van der Waals surface area contributed by atoms with Crippen LogP contribution in [0.3, 0.4) is 0 Å². The Bertz CT molecular complexity index is 648. The highest BCUT2D eigenvalue weighted by molar-refractivity contribution is 6.08. The minimum atomic E-state index is -0.851. The third-order valence-corrected chi connectivity index (χ3v) is 4.90. The van der Waals surface area contributed by atoms with E-state index in [4.69, 9.17) is 4.74 Å². The second-order valence-electron chi connectivity index (χ2n) is 6.42. The van der Waals surface area contributed by atoms with Gasteiger partial charge in [-0.3, -0.25) is 19.5 Å². The number of hydrogen-bond donors (Lipinski definition) is 1. The van der Waals surface area contributed by atoms with Gasteiger partial charge >= 0.3 is 12.0 Å². The van der Waals surface area contributed by atoms with Gasteiger partial charge in [-0.1, -0.05) is 25.8 Å². The molecule has 0 bridgehead atoms. The molecule has 2 fully saturated rings. The molecule has 1 aliphatic heterocycles. The van der Waals surface area contributed by atoms with E-state index in [0.717, 1.165) is 24.2 Å². The van der Waals surface area contributed by atoms with Crippen molar-refractivity contribution in [3.63, 3.8) is 0 Å². The predicted molar refractivity (Wildman–Crippen MR) is 84.6 cm³/mol. The van der Waals surface area contributed by atoms with Gasteiger partial charge < -0.3 is 10.1 Å². The van der Waals surface area contributed by atoms with E-state index in [1.807, 2.05) is 6.92 Å². The number of nitrogens with zero attached hydrogens (tertiary/aromatic N) is 2. The molecule has 128 valence electrons. The van der Waals surface area contributed by atoms with Crippen LogP contribution in [0.1, 0.15) is 38.3 Å². The average Bonchev–Trinajstić information content (AvgIpc) is 2.82. The number of amides is 3. The van der Waals surface area contributed by atoms with Crippen LogP contribution in [0.4, 0.5) is 4.79 Å². The van der Waals surface area contributed by atoms with Crippen LogP contribution in [-0.4, -0.2) is 39.9 Å². The summed E-state index contributed by atoms with van der Waals surface area (Å²) >= 11 is 0. The molecule has 24 heavy (non-hydrogen) atoms. The number of hydrogen-bond acceptors (Lipinski definition) is 5. The van der Waals surface area contributed by atoms with Gasteiger partial charge in [0.2, 0.25) is 0 Å². The van der Waals surface area contributed by atoms with E-state index < -0.39 is 17.5 Å². The fourth-order valence-corrected chi connectivity index (χ4v) is 3.45. The lowest BCUT2D eigenvalue weighted by Gasteiger charge is -2.36. The quantitative estimate of drug-likeness (QED) is 0.669. The largest absolute Gasteiger partial charge is 0.458 e. The summed E-state index contributed by atoms with van der Waals surface area (Å²) in [6, 6.07) is 4.79. The summed E-state index contributed by atoms with van der Waals surface area (Å²) in [5.74, 6) is -0.864. The molecule has 1 aromatic rings. The molecule has 1 spiro atoms. The lowest BCUT2D eigenvalue weighted by atomic mass is 9.73. The molecule has 2 aliphatic rings. The lowest BCUT2D eigenvalue weighted by molar-refractivity contribution is -0.149. The first-order chi connectivity index (χ1) is 11.5. The summed E-state index contributed by atoms with van der Waals surface area (Å²) in [6.45, 7) is 1.62. The SMILES string of the molecule is C[C@H]1CCCC[C@]12NC(=O)N(CC(=O)OCc1ccccn1)C2=O. The van der Waals surface area contributed by atoms with Crippen LogP contribution in [0, 0.1) is 5.92 Å². The Morgan fingerprint density at radius 2 is 2.25 bits per heavy atom. The third-order valence-electron chi connectivity index (χ3n) is 4.90. The number of esters is 1. The third kappa shape index (κ3) is 2.98. The molecule has 1 N–H and O–H groups in total. The average molecular weight is 331 g/mol. The van der Waals surface area contributed by atoms with E-state index in [0.29, 0.717) is 12.1 Å². The molecular weight excluding hydrogens is 310 g/mol. The van der Waals surface area contributed by atoms with E-state index in [-0.39, 0.29) is 25.0 Å². The summed E-state index contributed by atoms with van der Waals surface area (Å²) in [6.07, 6.45) is 5.07. The van der Waals surface area contributed by atoms with E-state index in [1.54, 1.807) is 24.4 Å². The maximum absolute atomic E-state index is 12.7. The summed E-state index contributed by atoms with van der Waals surface area (Å²) in [4.78, 5) is 41.9. The molecule has 1 saturated carbocycles. The van der Waals surface area contributed by atoms with Crippen LogP contribution >= 0.6 is 0 Å². The van der Waals surface area contributed by atoms with E-state index >= 15 is 0 Å². The number of ether oxygens (including phenoxy) is 1. The molecule has 2 heterocycles. The van der Waals surface area contributed by atoms with Crippen molar-refractivity contribution in [3.8, 4) is 0 Å². The summed E-state index contributed by atoms with van der Waals surface area (Å²) < 4.78 is 5.11. The number of imide groups is 1. The molecule has 3 rings (SSSR count). The normalized spacial score (nSPS) is 26.5. The first-order valence-electron chi connectivity index (χ1n) is 8.22. The first kappa shape index (κ1) is 16.4. The molecule has 2 atom stereocenters. The Labute approximate surface area is 140 Å². The van der Waals surface area contributed by atoms with E-state index in [1.165, 1.54) is 0 Å². The molecule has 0 aromatic carbocycles. The van der Waals surface area contributed by atoms with Crippen LogP contribution < -0.4 is 5.32 Å². The highest BCUT2D eigenvalue weighted by Gasteiger charge is 2.55. The van der Waals surface area contributed by atoms with Crippen molar-refractivity contribution in [2.75, 3.05) is 6.54 Å². The molecule has 7 heteroatoms. The standard InChI is InChI=1S/C17H21N3O4/c1-12-6-2-4-8-17(12)15(22)20(16(23)19-17)10-14(21)24-11-13-7-3-5-9-18-13/h3,5,7,9,12H,2,4,6,8,10-11H2,1H3,(H,19,23)/t12-,17-/m0/s1. The second kappa shape index (κ2) is 6.59. The number of urea groups is 1. The van der Waals surface area contributed by atoms with Crippen molar-refractivity contribution in [2.24, 2.45) is 5.92 Å². The van der Waals surface area contributed by atoms with Crippen LogP contribution in [0.2, 0.25) is 0 Å². The molecule has 1 saturated heterocycles. The van der Waals surface area contributed by atoms with Gasteiger partial charge in [0, 0.05) is 6.20 Å². The van der Waals surface area contributed by atoms with Crippen LogP contribution in [0.15, 0.2) is 24.4 Å². The Kier molecular flexibility index (Phi) is 4.51. The van der Waals surface area contributed by atoms with Gasteiger partial charge in [0.15, 0.2) is 0 Å². The predicted octanol–water partition coefficient (Wildman–Crippen LogP) is 1.63. The number of pyridine rings is 1. The van der Waals surface area contributed by atoms with Crippen molar-refractivity contribution in [3.05, 3.63) is 30.1 Å². The molecular formula is C17H21N3O4. The van der Waals surface area contributed by atoms with Gasteiger partial charge in [-0.15, -0.1) is 0 Å². The minimum absolute atomic E-state index is 0.0187. The minimum Gasteiger partial charge on any atom is -0.458 e. The molecule has 1 aliphatic carbocycles. The maximum atomic E-state index is 12.7. The van der Waals surface area contributed by atoms with Gasteiger partial charge in [0.05, 0.1) is 5.69 Å². The zero-order chi connectivity index (χ0) is 17.2. The first-order valence-corrected chi connectivity index (χ1v) is 8.22. The van der Waals surface area contributed by atoms with Crippen molar-refractivity contribution < 1.29 is 19.1 Å². The highest BCUT2D eigenvalue weighted by Crippen LogP contribution is 2.38.